The summed E-state index contributed by atoms with van der Waals surface area (Å²) in [4.78, 5) is 28.9. The number of sulfone groups is 1. The van der Waals surface area contributed by atoms with E-state index in [0.717, 1.165) is 17.2 Å². The first kappa shape index (κ1) is 19.8. The summed E-state index contributed by atoms with van der Waals surface area (Å²) in [7, 11) is -4.58. The minimum atomic E-state index is -5.80. The lowest BCUT2D eigenvalue weighted by molar-refractivity contribution is -0.0438. The van der Waals surface area contributed by atoms with Gasteiger partial charge < -0.3 is 9.64 Å². The molecule has 0 saturated heterocycles. The molecule has 1 aromatic heterocycles. The molecule has 1 aromatic carbocycles. The zero-order chi connectivity index (χ0) is 20.7. The number of fused-ring (bicyclic) bond motifs is 1. The van der Waals surface area contributed by atoms with Gasteiger partial charge >= 0.3 is 11.5 Å². The van der Waals surface area contributed by atoms with Crippen LogP contribution >= 0.6 is 0 Å². The van der Waals surface area contributed by atoms with Gasteiger partial charge in [-0.05, 0) is 42.3 Å². The first-order valence-electron chi connectivity index (χ1n) is 7.87. The summed E-state index contributed by atoms with van der Waals surface area (Å²) in [6.45, 7) is 0.110. The molecule has 28 heavy (non-hydrogen) atoms. The number of rotatable bonds is 3. The number of amides is 1. The average molecular weight is 414 g/mol. The Kier molecular flexibility index (Phi) is 4.88. The van der Waals surface area contributed by atoms with Gasteiger partial charge in [-0.25, -0.2) is 18.2 Å². The molecule has 3 rings (SSSR count). The highest BCUT2D eigenvalue weighted by Crippen LogP contribution is 2.34. The molecule has 0 spiro atoms. The zero-order valence-corrected chi connectivity index (χ0v) is 15.2. The van der Waals surface area contributed by atoms with Gasteiger partial charge in [-0.15, -0.1) is 0 Å². The van der Waals surface area contributed by atoms with Crippen LogP contribution in [0.15, 0.2) is 41.6 Å². The number of hydrogen-bond donors (Lipinski definition) is 0. The van der Waals surface area contributed by atoms with Crippen molar-refractivity contribution in [1.29, 1.82) is 0 Å². The van der Waals surface area contributed by atoms with Crippen LogP contribution in [0.4, 0.5) is 18.9 Å². The molecular weight excluding hydrogens is 401 g/mol. The van der Waals surface area contributed by atoms with Gasteiger partial charge in [0, 0.05) is 18.4 Å². The van der Waals surface area contributed by atoms with E-state index in [4.69, 9.17) is 0 Å². The minimum absolute atomic E-state index is 0.110. The highest BCUT2D eigenvalue weighted by molar-refractivity contribution is 7.92. The Bertz CT molecular complexity index is 1070. The molecule has 0 N–H and O–H groups in total. The fourth-order valence-corrected chi connectivity index (χ4v) is 3.74. The molecule has 0 bridgehead atoms. The third-order valence-electron chi connectivity index (χ3n) is 4.20. The number of halogens is 3. The molecule has 7 nitrogen and oxygen atoms in total. The van der Waals surface area contributed by atoms with Crippen molar-refractivity contribution in [2.75, 3.05) is 18.6 Å². The summed E-state index contributed by atoms with van der Waals surface area (Å²) in [6, 6.07) is 6.55. The molecule has 0 aliphatic carbocycles. The second kappa shape index (κ2) is 6.89. The van der Waals surface area contributed by atoms with Crippen LogP contribution in [0.3, 0.4) is 0 Å². The summed E-state index contributed by atoms with van der Waals surface area (Å²) in [5.41, 5.74) is -5.02. The first-order valence-corrected chi connectivity index (χ1v) is 9.35. The number of esters is 1. The van der Waals surface area contributed by atoms with Crippen LogP contribution in [0.25, 0.3) is 0 Å². The van der Waals surface area contributed by atoms with Crippen molar-refractivity contribution in [2.24, 2.45) is 0 Å². The smallest absolute Gasteiger partial charge is 0.465 e. The number of anilines is 1. The van der Waals surface area contributed by atoms with Crippen LogP contribution in [0.5, 0.6) is 0 Å². The highest BCUT2D eigenvalue weighted by atomic mass is 32.2. The predicted molar refractivity (Wildman–Crippen MR) is 90.6 cm³/mol. The fourth-order valence-electron chi connectivity index (χ4n) is 2.88. The van der Waals surface area contributed by atoms with E-state index in [-0.39, 0.29) is 12.1 Å². The molecule has 0 fully saturated rings. The molecule has 1 aliphatic rings. The molecule has 0 saturated carbocycles. The van der Waals surface area contributed by atoms with E-state index >= 15 is 0 Å². The van der Waals surface area contributed by atoms with Crippen molar-refractivity contribution < 1.29 is 35.9 Å². The third kappa shape index (κ3) is 3.21. The van der Waals surface area contributed by atoms with E-state index in [2.05, 4.69) is 9.72 Å². The van der Waals surface area contributed by atoms with Crippen LogP contribution < -0.4 is 4.90 Å². The maximum absolute atomic E-state index is 12.9. The number of ether oxygens (including phenoxy) is 1. The highest BCUT2D eigenvalue weighted by Gasteiger charge is 2.50. The zero-order valence-electron chi connectivity index (χ0n) is 14.4. The maximum atomic E-state index is 12.9. The van der Waals surface area contributed by atoms with E-state index in [9.17, 15) is 31.2 Å². The van der Waals surface area contributed by atoms with Gasteiger partial charge in [0.15, 0.2) is 5.03 Å². The second-order valence-electron chi connectivity index (χ2n) is 5.85. The van der Waals surface area contributed by atoms with Crippen molar-refractivity contribution in [3.8, 4) is 0 Å². The number of aromatic nitrogens is 1. The minimum Gasteiger partial charge on any atom is -0.465 e. The molecule has 1 amide bonds. The summed E-state index contributed by atoms with van der Waals surface area (Å²) in [6.07, 6.45) is 1.21. The molecule has 2 heterocycles. The van der Waals surface area contributed by atoms with Crippen LogP contribution in [0.2, 0.25) is 0 Å². The van der Waals surface area contributed by atoms with Gasteiger partial charge in [0.1, 0.15) is 0 Å². The number of carbonyl (C=O) groups is 2. The number of nitrogens with zero attached hydrogens (tertiary/aromatic N) is 2. The topological polar surface area (TPSA) is 93.6 Å². The Morgan fingerprint density at radius 2 is 1.93 bits per heavy atom. The van der Waals surface area contributed by atoms with Crippen LogP contribution in [0, 0.1) is 0 Å². The molecular formula is C17H13F3N2O5S. The van der Waals surface area contributed by atoms with Crippen LogP contribution in [-0.2, 0) is 21.0 Å². The monoisotopic (exact) mass is 414 g/mol. The van der Waals surface area contributed by atoms with Crippen molar-refractivity contribution in [3.05, 3.63) is 53.2 Å². The number of carbonyl (C=O) groups excluding carboxylic acids is 2. The van der Waals surface area contributed by atoms with Crippen molar-refractivity contribution in [2.45, 2.75) is 17.0 Å². The Morgan fingerprint density at radius 1 is 1.21 bits per heavy atom. The van der Waals surface area contributed by atoms with Crippen molar-refractivity contribution >= 4 is 27.4 Å². The van der Waals surface area contributed by atoms with Gasteiger partial charge in [0.2, 0.25) is 0 Å². The van der Waals surface area contributed by atoms with E-state index in [0.29, 0.717) is 17.7 Å². The Labute approximate surface area is 157 Å². The summed E-state index contributed by atoms with van der Waals surface area (Å²) in [5.74, 6) is -1.50. The van der Waals surface area contributed by atoms with Crippen molar-refractivity contribution in [1.82, 2.24) is 4.98 Å². The molecule has 11 heteroatoms. The molecule has 148 valence electrons. The molecule has 2 aromatic rings. The Balaban J connectivity index is 2.02. The standard InChI is InChI=1S/C17H13F3N2O5S/c1-27-16(24)11-4-5-13-10(9-11)6-8-22(13)15(23)12-3-2-7-21-14(12)28(25,26)17(18,19)20/h2-5,7,9H,6,8H2,1H3. The van der Waals surface area contributed by atoms with E-state index in [1.807, 2.05) is 0 Å². The fraction of sp³-hybridized carbons (Fsp3) is 0.235. The van der Waals surface area contributed by atoms with Gasteiger partial charge in [0.05, 0.1) is 18.2 Å². The Morgan fingerprint density at radius 3 is 2.57 bits per heavy atom. The summed E-state index contributed by atoms with van der Waals surface area (Å²) in [5, 5.41) is -1.34. The molecule has 0 atom stereocenters. The quantitative estimate of drug-likeness (QED) is 0.716. The average Bonchev–Trinajstić information content (AvgIpc) is 3.09. The number of alkyl halides is 3. The molecule has 1 aliphatic heterocycles. The lowest BCUT2D eigenvalue weighted by Gasteiger charge is -2.19. The second-order valence-corrected chi connectivity index (χ2v) is 7.70. The lowest BCUT2D eigenvalue weighted by Crippen LogP contribution is -2.32. The van der Waals surface area contributed by atoms with Gasteiger partial charge in [-0.2, -0.15) is 13.2 Å². The number of methoxy groups -OCH3 is 1. The van der Waals surface area contributed by atoms with Gasteiger partial charge in [-0.3, -0.25) is 4.79 Å². The number of pyridine rings is 1. The maximum Gasteiger partial charge on any atom is 0.503 e. The number of benzene rings is 1. The van der Waals surface area contributed by atoms with Crippen molar-refractivity contribution in [3.63, 3.8) is 0 Å². The van der Waals surface area contributed by atoms with Gasteiger partial charge in [0.25, 0.3) is 15.7 Å². The first-order chi connectivity index (χ1) is 13.1. The van der Waals surface area contributed by atoms with E-state index in [1.54, 1.807) is 0 Å². The number of hydrogen-bond acceptors (Lipinski definition) is 6. The van der Waals surface area contributed by atoms with E-state index < -0.39 is 37.8 Å². The van der Waals surface area contributed by atoms with Gasteiger partial charge in [-0.1, -0.05) is 0 Å². The summed E-state index contributed by atoms with van der Waals surface area (Å²) < 4.78 is 67.0. The normalized spacial score (nSPS) is 13.9. The van der Waals surface area contributed by atoms with Crippen LogP contribution in [0.1, 0.15) is 26.3 Å². The third-order valence-corrected chi connectivity index (χ3v) is 5.65. The molecule has 0 radical (unpaired) electrons. The largest absolute Gasteiger partial charge is 0.503 e. The molecule has 0 unspecified atom stereocenters. The Hall–Kier alpha value is -2.95. The van der Waals surface area contributed by atoms with E-state index in [1.165, 1.54) is 31.4 Å². The lowest BCUT2D eigenvalue weighted by atomic mass is 10.1. The predicted octanol–water partition coefficient (Wildman–Crippen LogP) is 2.36. The SMILES string of the molecule is COC(=O)c1ccc2c(c1)CCN2C(=O)c1cccnc1S(=O)(=O)C(F)(F)F. The van der Waals surface area contributed by atoms with Crippen LogP contribution in [-0.4, -0.2) is 44.4 Å². The summed E-state index contributed by atoms with van der Waals surface area (Å²) >= 11 is 0.